The maximum Gasteiger partial charge on any atom is 0.160 e. The molecule has 22 heavy (non-hydrogen) atoms. The largest absolute Gasteiger partial charge is 0.368 e. The lowest BCUT2D eigenvalue weighted by molar-refractivity contribution is -0.138. The lowest BCUT2D eigenvalue weighted by atomic mass is 10.1. The van der Waals surface area contributed by atoms with Gasteiger partial charge in [-0.15, -0.1) is 0 Å². The zero-order chi connectivity index (χ0) is 18.0. The van der Waals surface area contributed by atoms with Gasteiger partial charge in [0.05, 0.1) is 11.9 Å². The van der Waals surface area contributed by atoms with Gasteiger partial charge in [0.1, 0.15) is 5.60 Å². The van der Waals surface area contributed by atoms with Crippen LogP contribution in [-0.2, 0) is 16.0 Å². The minimum absolute atomic E-state index is 0.0913. The molecule has 1 aromatic heterocycles. The molecule has 0 aliphatic heterocycles. The minimum Gasteiger partial charge on any atom is -0.368 e. The Bertz CT molecular complexity index is 323. The van der Waals surface area contributed by atoms with Crippen LogP contribution in [0.5, 0.6) is 0 Å². The number of rotatable bonds is 6. The van der Waals surface area contributed by atoms with E-state index in [1.54, 1.807) is 13.1 Å². The SMILES string of the molecule is CC.CC.CCCCOC(C)(C)C(C)=O.CCc1cn[nH]n1. The van der Waals surface area contributed by atoms with Gasteiger partial charge in [-0.25, -0.2) is 0 Å². The van der Waals surface area contributed by atoms with Crippen molar-refractivity contribution in [3.8, 4) is 0 Å². The molecule has 0 fully saturated rings. The fourth-order valence-electron chi connectivity index (χ4n) is 0.969. The van der Waals surface area contributed by atoms with E-state index in [2.05, 4.69) is 22.3 Å². The summed E-state index contributed by atoms with van der Waals surface area (Å²) in [6.45, 7) is 18.0. The minimum atomic E-state index is -0.588. The molecule has 1 heterocycles. The summed E-state index contributed by atoms with van der Waals surface area (Å²) in [4.78, 5) is 10.9. The third kappa shape index (κ3) is 15.2. The lowest BCUT2D eigenvalue weighted by Crippen LogP contribution is -2.33. The number of ether oxygens (including phenoxy) is 1. The standard InChI is InChI=1S/C9H18O2.C4H7N3.2C2H6/c1-5-6-7-11-9(3,4)8(2)10;1-2-4-3-5-7-6-4;2*1-2/h5-7H2,1-4H3;3H,2H2,1H3,(H,5,6,7);2*1-2H3. The number of aromatic amines is 1. The molecule has 0 atom stereocenters. The quantitative estimate of drug-likeness (QED) is 0.780. The van der Waals surface area contributed by atoms with Crippen LogP contribution in [0, 0.1) is 0 Å². The van der Waals surface area contributed by atoms with E-state index in [1.165, 1.54) is 0 Å². The highest BCUT2D eigenvalue weighted by Gasteiger charge is 2.23. The van der Waals surface area contributed by atoms with Crippen LogP contribution in [-0.4, -0.2) is 33.4 Å². The lowest BCUT2D eigenvalue weighted by Gasteiger charge is -2.21. The van der Waals surface area contributed by atoms with Crippen molar-refractivity contribution in [2.45, 2.75) is 87.2 Å². The normalized spacial score (nSPS) is 9.32. The summed E-state index contributed by atoms with van der Waals surface area (Å²) in [7, 11) is 0. The van der Waals surface area contributed by atoms with Crippen LogP contribution >= 0.6 is 0 Å². The van der Waals surface area contributed by atoms with E-state index in [0.29, 0.717) is 6.61 Å². The Morgan fingerprint density at radius 2 is 1.77 bits per heavy atom. The van der Waals surface area contributed by atoms with E-state index in [0.717, 1.165) is 25.0 Å². The van der Waals surface area contributed by atoms with Crippen molar-refractivity contribution in [2.75, 3.05) is 6.61 Å². The Hall–Kier alpha value is -1.23. The van der Waals surface area contributed by atoms with Crippen molar-refractivity contribution in [3.05, 3.63) is 11.9 Å². The van der Waals surface area contributed by atoms with Crippen LogP contribution in [0.1, 0.15) is 80.8 Å². The predicted molar refractivity (Wildman–Crippen MR) is 94.1 cm³/mol. The maximum absolute atomic E-state index is 10.9. The molecule has 0 amide bonds. The first-order valence-electron chi connectivity index (χ1n) is 8.43. The fraction of sp³-hybridized carbons (Fsp3) is 0.824. The Morgan fingerprint density at radius 3 is 2.05 bits per heavy atom. The summed E-state index contributed by atoms with van der Waals surface area (Å²) in [5, 5.41) is 9.94. The van der Waals surface area contributed by atoms with Crippen LogP contribution in [0.3, 0.4) is 0 Å². The number of H-pyrrole nitrogens is 1. The summed E-state index contributed by atoms with van der Waals surface area (Å²) in [6.07, 6.45) is 4.81. The Kier molecular flexibility index (Phi) is 20.8. The van der Waals surface area contributed by atoms with Crippen LogP contribution in [0.2, 0.25) is 0 Å². The molecule has 5 nitrogen and oxygen atoms in total. The van der Waals surface area contributed by atoms with Crippen molar-refractivity contribution >= 4 is 5.78 Å². The number of hydrogen-bond acceptors (Lipinski definition) is 4. The molecule has 1 N–H and O–H groups in total. The first kappa shape index (κ1) is 25.7. The highest BCUT2D eigenvalue weighted by Crippen LogP contribution is 2.10. The molecule has 0 aliphatic rings. The first-order valence-corrected chi connectivity index (χ1v) is 8.43. The maximum atomic E-state index is 10.9. The molecule has 132 valence electrons. The van der Waals surface area contributed by atoms with Gasteiger partial charge < -0.3 is 4.74 Å². The van der Waals surface area contributed by atoms with E-state index >= 15 is 0 Å². The van der Waals surface area contributed by atoms with Crippen LogP contribution < -0.4 is 0 Å². The van der Waals surface area contributed by atoms with Gasteiger partial charge >= 0.3 is 0 Å². The van der Waals surface area contributed by atoms with Crippen molar-refractivity contribution in [1.29, 1.82) is 0 Å². The smallest absolute Gasteiger partial charge is 0.160 e. The molecule has 0 radical (unpaired) electrons. The third-order valence-corrected chi connectivity index (χ3v) is 2.64. The van der Waals surface area contributed by atoms with E-state index in [4.69, 9.17) is 4.74 Å². The van der Waals surface area contributed by atoms with Gasteiger partial charge in [0, 0.05) is 6.61 Å². The summed E-state index contributed by atoms with van der Waals surface area (Å²) in [6, 6.07) is 0. The zero-order valence-corrected chi connectivity index (χ0v) is 16.1. The van der Waals surface area contributed by atoms with Gasteiger partial charge in [-0.1, -0.05) is 48.0 Å². The van der Waals surface area contributed by atoms with E-state index in [-0.39, 0.29) is 5.78 Å². The van der Waals surface area contributed by atoms with Crippen LogP contribution in [0.25, 0.3) is 0 Å². The number of Topliss-reactive ketones (excluding diaryl/α,β-unsaturated/α-hetero) is 1. The Balaban J connectivity index is -0.000000280. The van der Waals surface area contributed by atoms with Gasteiger partial charge in [0.25, 0.3) is 0 Å². The molecule has 0 saturated heterocycles. The highest BCUT2D eigenvalue weighted by atomic mass is 16.5. The van der Waals surface area contributed by atoms with Gasteiger partial charge in [0.2, 0.25) is 0 Å². The molecule has 0 unspecified atom stereocenters. The van der Waals surface area contributed by atoms with Crippen molar-refractivity contribution < 1.29 is 9.53 Å². The molecular weight excluding hydrogens is 278 g/mol. The van der Waals surface area contributed by atoms with E-state index in [9.17, 15) is 4.79 Å². The average molecular weight is 316 g/mol. The second-order valence-corrected chi connectivity index (χ2v) is 4.58. The molecule has 0 spiro atoms. The average Bonchev–Trinajstić information content (AvgIpc) is 3.05. The van der Waals surface area contributed by atoms with Gasteiger partial charge in [-0.3, -0.25) is 4.79 Å². The summed E-state index contributed by atoms with van der Waals surface area (Å²) < 4.78 is 5.38. The number of aromatic nitrogens is 3. The van der Waals surface area contributed by atoms with Crippen molar-refractivity contribution in [1.82, 2.24) is 15.4 Å². The molecular formula is C17H37N3O2. The second kappa shape index (κ2) is 17.8. The van der Waals surface area contributed by atoms with Gasteiger partial charge in [-0.2, -0.15) is 15.4 Å². The topological polar surface area (TPSA) is 67.9 Å². The first-order chi connectivity index (χ1) is 10.4. The molecule has 5 heteroatoms. The number of carbonyl (C=O) groups is 1. The number of carbonyl (C=O) groups excluding carboxylic acids is 1. The Morgan fingerprint density at radius 1 is 1.23 bits per heavy atom. The molecule has 0 saturated carbocycles. The number of unbranched alkanes of at least 4 members (excludes halogenated alkanes) is 1. The number of nitrogens with zero attached hydrogens (tertiary/aromatic N) is 2. The van der Waals surface area contributed by atoms with Gasteiger partial charge in [0.15, 0.2) is 5.78 Å². The fourth-order valence-corrected chi connectivity index (χ4v) is 0.969. The van der Waals surface area contributed by atoms with E-state index in [1.807, 2.05) is 48.5 Å². The van der Waals surface area contributed by atoms with E-state index < -0.39 is 5.60 Å². The number of aryl methyl sites for hydroxylation is 1. The van der Waals surface area contributed by atoms with Gasteiger partial charge in [-0.05, 0) is 33.6 Å². The number of hydrogen-bond donors (Lipinski definition) is 1. The second-order valence-electron chi connectivity index (χ2n) is 4.58. The monoisotopic (exact) mass is 315 g/mol. The predicted octanol–water partition coefficient (Wildman–Crippen LogP) is 4.59. The molecule has 1 rings (SSSR count). The molecule has 0 aromatic carbocycles. The van der Waals surface area contributed by atoms with Crippen LogP contribution in [0.15, 0.2) is 6.20 Å². The third-order valence-electron chi connectivity index (χ3n) is 2.64. The Labute approximate surface area is 137 Å². The summed E-state index contributed by atoms with van der Waals surface area (Å²) >= 11 is 0. The summed E-state index contributed by atoms with van der Waals surface area (Å²) in [5.74, 6) is 0.0913. The number of nitrogens with one attached hydrogen (secondary N) is 1. The highest BCUT2D eigenvalue weighted by molar-refractivity contribution is 5.83. The van der Waals surface area contributed by atoms with Crippen LogP contribution in [0.4, 0.5) is 0 Å². The molecule has 0 aliphatic carbocycles. The van der Waals surface area contributed by atoms with Crippen molar-refractivity contribution in [2.24, 2.45) is 0 Å². The number of ketones is 1. The van der Waals surface area contributed by atoms with Crippen molar-refractivity contribution in [3.63, 3.8) is 0 Å². The molecule has 1 aromatic rings. The summed E-state index contributed by atoms with van der Waals surface area (Å²) in [5.41, 5.74) is 0.426. The molecule has 0 bridgehead atoms. The zero-order valence-electron chi connectivity index (χ0n) is 16.1.